The quantitative estimate of drug-likeness (QED) is 0.353. The molecule has 6 rings (SSSR count). The molecule has 0 amide bonds. The number of pyridine rings is 1. The highest BCUT2D eigenvalue weighted by Crippen LogP contribution is 2.41. The van der Waals surface area contributed by atoms with E-state index in [0.29, 0.717) is 41.9 Å². The van der Waals surface area contributed by atoms with Crippen LogP contribution >= 0.6 is 0 Å². The maximum absolute atomic E-state index is 13.0. The molecule has 0 bridgehead atoms. The zero-order valence-corrected chi connectivity index (χ0v) is 22.9. The first-order chi connectivity index (χ1) is 18.9. The van der Waals surface area contributed by atoms with Crippen molar-refractivity contribution in [2.24, 2.45) is 0 Å². The monoisotopic (exact) mass is 544 g/mol. The first-order valence-corrected chi connectivity index (χ1v) is 14.9. The lowest BCUT2D eigenvalue weighted by atomic mass is 10.0. The number of anilines is 2. The summed E-state index contributed by atoms with van der Waals surface area (Å²) < 4.78 is 34.0. The number of nitrogens with zero attached hydrogens (tertiary/aromatic N) is 4. The van der Waals surface area contributed by atoms with E-state index in [4.69, 9.17) is 9.72 Å². The first kappa shape index (κ1) is 25.5. The highest BCUT2D eigenvalue weighted by molar-refractivity contribution is 7.93. The smallest absolute Gasteiger partial charge is 0.237 e. The van der Waals surface area contributed by atoms with Crippen molar-refractivity contribution in [1.29, 1.82) is 0 Å². The number of rotatable bonds is 6. The lowest BCUT2D eigenvalue weighted by molar-refractivity contribution is 0.466. The zero-order chi connectivity index (χ0) is 27.0. The number of hydrogen-bond donors (Lipinski definition) is 2. The van der Waals surface area contributed by atoms with E-state index in [0.717, 1.165) is 47.8 Å². The van der Waals surface area contributed by atoms with Crippen LogP contribution in [0.3, 0.4) is 0 Å². The van der Waals surface area contributed by atoms with Gasteiger partial charge in [0, 0.05) is 42.3 Å². The van der Waals surface area contributed by atoms with Crippen LogP contribution in [0.25, 0.3) is 22.0 Å². The van der Waals surface area contributed by atoms with Gasteiger partial charge in [-0.15, -0.1) is 0 Å². The number of piperidine rings is 1. The Bertz CT molecular complexity index is 1620. The minimum absolute atomic E-state index is 0.286. The Morgan fingerprint density at radius 2 is 1.92 bits per heavy atom. The first-order valence-electron chi connectivity index (χ1n) is 13.4. The number of nitrogens with one attached hydrogen (secondary N) is 2. The predicted octanol–water partition coefficient (Wildman–Crippen LogP) is 4.88. The van der Waals surface area contributed by atoms with Crippen LogP contribution in [-0.2, 0) is 10.0 Å². The molecule has 2 aliphatic rings. The number of fused-ring (bicyclic) bond motifs is 1. The average molecular weight is 545 g/mol. The Morgan fingerprint density at radius 3 is 2.72 bits per heavy atom. The second-order valence-electron chi connectivity index (χ2n) is 10.2. The zero-order valence-electron chi connectivity index (χ0n) is 22.1. The molecule has 2 unspecified atom stereocenters. The van der Waals surface area contributed by atoms with Crippen LogP contribution in [0.15, 0.2) is 60.9 Å². The summed E-state index contributed by atoms with van der Waals surface area (Å²) >= 11 is 0. The van der Waals surface area contributed by atoms with Crippen molar-refractivity contribution in [2.45, 2.75) is 44.4 Å². The summed E-state index contributed by atoms with van der Waals surface area (Å²) in [5, 5.41) is 8.09. The Kier molecular flexibility index (Phi) is 6.82. The van der Waals surface area contributed by atoms with Crippen LogP contribution in [0.2, 0.25) is 0 Å². The van der Waals surface area contributed by atoms with Crippen LogP contribution in [0, 0.1) is 6.92 Å². The largest absolute Gasteiger partial charge is 0.437 e. The van der Waals surface area contributed by atoms with Gasteiger partial charge in [0.1, 0.15) is 5.75 Å². The van der Waals surface area contributed by atoms with Gasteiger partial charge in [0.2, 0.25) is 21.9 Å². The van der Waals surface area contributed by atoms with Crippen molar-refractivity contribution in [2.75, 3.05) is 29.3 Å². The van der Waals surface area contributed by atoms with Crippen LogP contribution in [-0.4, -0.2) is 54.3 Å². The summed E-state index contributed by atoms with van der Waals surface area (Å²) in [5.74, 6) is 1.63. The van der Waals surface area contributed by atoms with Gasteiger partial charge >= 0.3 is 0 Å². The fourth-order valence-electron chi connectivity index (χ4n) is 5.33. The Hall–Kier alpha value is -3.76. The number of ether oxygens (including phenoxy) is 1. The lowest BCUT2D eigenvalue weighted by Crippen LogP contribution is -2.38. The van der Waals surface area contributed by atoms with E-state index >= 15 is 0 Å². The summed E-state index contributed by atoms with van der Waals surface area (Å²) in [7, 11) is -3.39. The van der Waals surface area contributed by atoms with Gasteiger partial charge in [-0.25, -0.2) is 23.4 Å². The van der Waals surface area contributed by atoms with Crippen LogP contribution in [0.5, 0.6) is 11.6 Å². The Balaban J connectivity index is 1.36. The Morgan fingerprint density at radius 1 is 1.03 bits per heavy atom. The van der Waals surface area contributed by atoms with Crippen LogP contribution < -0.4 is 19.7 Å². The maximum Gasteiger partial charge on any atom is 0.237 e. The predicted molar refractivity (Wildman–Crippen MR) is 154 cm³/mol. The van der Waals surface area contributed by atoms with Gasteiger partial charge < -0.3 is 15.4 Å². The van der Waals surface area contributed by atoms with Crippen molar-refractivity contribution in [3.8, 4) is 22.9 Å². The SMILES string of the molecule is Cc1ccc2c(N3CCC(C)S3(=O)=O)cccc2c1Oc1ncccc1-c1ccnc(NC2CCCNC2)n1. The summed E-state index contributed by atoms with van der Waals surface area (Å²) in [6.07, 6.45) is 6.23. The fourth-order valence-corrected chi connectivity index (χ4v) is 6.96. The molecule has 2 aromatic carbocycles. The topological polar surface area (TPSA) is 109 Å². The molecule has 9 nitrogen and oxygen atoms in total. The van der Waals surface area contributed by atoms with Gasteiger partial charge in [0.05, 0.1) is 22.2 Å². The lowest BCUT2D eigenvalue weighted by Gasteiger charge is -2.23. The standard InChI is InChI=1S/C29H32N6O3S/c1-19-10-11-22-23(7-3-9-26(22)35-17-13-20(2)39(35,36)37)27(19)38-28-24(8-5-15-31-28)25-12-16-32-29(34-25)33-21-6-4-14-30-18-21/h3,5,7-12,15-16,20-21,30H,4,6,13-14,17-18H2,1-2H3,(H,32,33,34). The normalized spacial score (nSPS) is 20.7. The number of sulfonamides is 1. The molecule has 2 atom stereocenters. The number of benzene rings is 2. The van der Waals surface area contributed by atoms with E-state index in [1.807, 2.05) is 55.5 Å². The van der Waals surface area contributed by atoms with Gasteiger partial charge in [0.15, 0.2) is 0 Å². The summed E-state index contributed by atoms with van der Waals surface area (Å²) in [4.78, 5) is 13.8. The highest BCUT2D eigenvalue weighted by atomic mass is 32.2. The third kappa shape index (κ3) is 4.90. The average Bonchev–Trinajstić information content (AvgIpc) is 3.22. The molecule has 202 valence electrons. The number of aryl methyl sites for hydroxylation is 1. The molecule has 4 aromatic rings. The third-order valence-electron chi connectivity index (χ3n) is 7.54. The molecular weight excluding hydrogens is 512 g/mol. The van der Waals surface area contributed by atoms with Crippen molar-refractivity contribution >= 4 is 32.4 Å². The molecule has 4 heterocycles. The summed E-state index contributed by atoms with van der Waals surface area (Å²) in [6.45, 7) is 6.13. The highest BCUT2D eigenvalue weighted by Gasteiger charge is 2.36. The summed E-state index contributed by atoms with van der Waals surface area (Å²) in [6, 6.07) is 15.5. The van der Waals surface area contributed by atoms with E-state index in [1.54, 1.807) is 19.3 Å². The van der Waals surface area contributed by atoms with Gasteiger partial charge in [-0.1, -0.05) is 24.3 Å². The number of hydrogen-bond acceptors (Lipinski definition) is 8. The van der Waals surface area contributed by atoms with Gasteiger partial charge in [0.25, 0.3) is 0 Å². The maximum atomic E-state index is 13.0. The van der Waals surface area contributed by atoms with Crippen LogP contribution in [0.4, 0.5) is 11.6 Å². The van der Waals surface area contributed by atoms with Crippen molar-refractivity contribution in [3.05, 3.63) is 66.5 Å². The van der Waals surface area contributed by atoms with Gasteiger partial charge in [-0.2, -0.15) is 0 Å². The van der Waals surface area contributed by atoms with E-state index < -0.39 is 15.3 Å². The molecule has 0 saturated carbocycles. The minimum atomic E-state index is -3.39. The molecule has 0 aliphatic carbocycles. The molecular formula is C29H32N6O3S. The molecule has 39 heavy (non-hydrogen) atoms. The second-order valence-corrected chi connectivity index (χ2v) is 12.5. The molecule has 2 N–H and O–H groups in total. The van der Waals surface area contributed by atoms with Gasteiger partial charge in [-0.05, 0) is 69.5 Å². The third-order valence-corrected chi connectivity index (χ3v) is 9.79. The van der Waals surface area contributed by atoms with Gasteiger partial charge in [-0.3, -0.25) is 4.31 Å². The fraction of sp³-hybridized carbons (Fsp3) is 0.345. The summed E-state index contributed by atoms with van der Waals surface area (Å²) in [5.41, 5.74) is 3.04. The molecule has 2 fully saturated rings. The molecule has 0 radical (unpaired) electrons. The second kappa shape index (κ2) is 10.4. The molecule has 2 aliphatic heterocycles. The minimum Gasteiger partial charge on any atom is -0.437 e. The Labute approximate surface area is 228 Å². The van der Waals surface area contributed by atoms with Crippen LogP contribution in [0.1, 0.15) is 31.7 Å². The number of aromatic nitrogens is 3. The van der Waals surface area contributed by atoms with E-state index in [-0.39, 0.29) is 6.04 Å². The molecule has 0 spiro atoms. The van der Waals surface area contributed by atoms with Crippen molar-refractivity contribution in [3.63, 3.8) is 0 Å². The van der Waals surface area contributed by atoms with E-state index in [1.165, 1.54) is 4.31 Å². The molecule has 10 heteroatoms. The van der Waals surface area contributed by atoms with E-state index in [9.17, 15) is 8.42 Å². The van der Waals surface area contributed by atoms with Crippen molar-refractivity contribution < 1.29 is 13.2 Å². The molecule has 2 aromatic heterocycles. The van der Waals surface area contributed by atoms with Crippen molar-refractivity contribution in [1.82, 2.24) is 20.3 Å². The molecule has 2 saturated heterocycles. The van der Waals surface area contributed by atoms with E-state index in [2.05, 4.69) is 20.6 Å².